The van der Waals surface area contributed by atoms with E-state index in [9.17, 15) is 14.7 Å². The van der Waals surface area contributed by atoms with Crippen LogP contribution >= 0.6 is 11.8 Å². The normalized spacial score (nSPS) is 19.3. The van der Waals surface area contributed by atoms with Crippen LogP contribution < -0.4 is 20.1 Å². The number of amides is 3. The van der Waals surface area contributed by atoms with E-state index in [1.165, 1.54) is 18.3 Å². The van der Waals surface area contributed by atoms with Crippen LogP contribution in [0.1, 0.15) is 18.4 Å². The van der Waals surface area contributed by atoms with Crippen LogP contribution in [0.4, 0.5) is 15.3 Å². The molecule has 1 fully saturated rings. The molecule has 0 saturated carbocycles. The molecule has 0 radical (unpaired) electrons. The first-order valence-electron chi connectivity index (χ1n) is 9.83. The van der Waals surface area contributed by atoms with Crippen molar-refractivity contribution in [2.45, 2.75) is 29.0 Å². The number of fused-ring (bicyclic) bond motifs is 1. The van der Waals surface area contributed by atoms with Gasteiger partial charge in [-0.05, 0) is 42.3 Å². The highest BCUT2D eigenvalue weighted by molar-refractivity contribution is 8.00. The van der Waals surface area contributed by atoms with Gasteiger partial charge in [-0.3, -0.25) is 0 Å². The van der Waals surface area contributed by atoms with E-state index in [1.807, 2.05) is 12.1 Å². The number of hydrogen-bond donors (Lipinski definition) is 2. The van der Waals surface area contributed by atoms with E-state index in [4.69, 9.17) is 19.9 Å². The fourth-order valence-electron chi connectivity index (χ4n) is 3.75. The second-order valence-corrected chi connectivity index (χ2v) is 8.33. The number of benzene rings is 1. The Kier molecular flexibility index (Phi) is 5.98. The summed E-state index contributed by atoms with van der Waals surface area (Å²) in [6.45, 7) is 0.549. The van der Waals surface area contributed by atoms with Crippen molar-refractivity contribution in [2.24, 2.45) is 5.73 Å². The molecular formula is C20H23N5O6S. The highest BCUT2D eigenvalue weighted by atomic mass is 32.2. The van der Waals surface area contributed by atoms with Gasteiger partial charge in [-0.2, -0.15) is 4.98 Å². The number of rotatable bonds is 4. The molecule has 2 aliphatic rings. The number of aliphatic hydroxyl groups is 1. The summed E-state index contributed by atoms with van der Waals surface area (Å²) in [6.07, 6.45) is 1.32. The fourth-order valence-corrected chi connectivity index (χ4v) is 4.80. The van der Waals surface area contributed by atoms with Crippen LogP contribution in [0, 0.1) is 0 Å². The summed E-state index contributed by atoms with van der Waals surface area (Å²) in [6, 6.07) is 6.42. The van der Waals surface area contributed by atoms with E-state index < -0.39 is 23.3 Å². The van der Waals surface area contributed by atoms with Gasteiger partial charge in [0.2, 0.25) is 11.4 Å². The average molecular weight is 462 g/mol. The molecule has 11 nitrogen and oxygen atoms in total. The average Bonchev–Trinajstić information content (AvgIpc) is 3.17. The lowest BCUT2D eigenvalue weighted by Gasteiger charge is -2.38. The second kappa shape index (κ2) is 8.71. The maximum Gasteiger partial charge on any atom is 0.412 e. The number of ether oxygens (including phenoxy) is 3. The second-order valence-electron chi connectivity index (χ2n) is 7.30. The molecule has 3 heterocycles. The van der Waals surface area contributed by atoms with Crippen molar-refractivity contribution in [3.05, 3.63) is 36.2 Å². The number of nitrogens with zero attached hydrogens (tertiary/aromatic N) is 4. The summed E-state index contributed by atoms with van der Waals surface area (Å²) in [5.74, 6) is 0.807. The van der Waals surface area contributed by atoms with Crippen LogP contribution in [-0.4, -0.2) is 65.0 Å². The minimum atomic E-state index is -1.08. The summed E-state index contributed by atoms with van der Waals surface area (Å²) in [4.78, 5) is 35.6. The van der Waals surface area contributed by atoms with Crippen LogP contribution in [0.2, 0.25) is 0 Å². The first-order chi connectivity index (χ1) is 15.4. The van der Waals surface area contributed by atoms with E-state index in [2.05, 4.69) is 9.97 Å². The Morgan fingerprint density at radius 3 is 2.62 bits per heavy atom. The third kappa shape index (κ3) is 3.98. The molecular weight excluding hydrogens is 438 g/mol. The van der Waals surface area contributed by atoms with Crippen molar-refractivity contribution in [1.82, 2.24) is 14.9 Å². The highest BCUT2D eigenvalue weighted by Crippen LogP contribution is 2.46. The van der Waals surface area contributed by atoms with Crippen LogP contribution in [0.3, 0.4) is 0 Å². The molecule has 4 rings (SSSR count). The van der Waals surface area contributed by atoms with E-state index in [0.29, 0.717) is 23.6 Å². The van der Waals surface area contributed by atoms with Crippen molar-refractivity contribution in [1.29, 1.82) is 0 Å². The number of carbonyl (C=O) groups excluding carboxylic acids is 2. The smallest absolute Gasteiger partial charge is 0.412 e. The molecule has 12 heteroatoms. The zero-order chi connectivity index (χ0) is 22.9. The van der Waals surface area contributed by atoms with Gasteiger partial charge in [-0.25, -0.2) is 19.5 Å². The standard InChI is InChI=1S/C20H23N5O6S/c1-29-13-5-3-4-12(10-13)20(28)6-8-24(9-7-20)18(27)31-19-25(17(21)26)14-15(30-2)22-11-23-16(14)32-19/h3-5,10-11,19,28H,6-9H2,1-2H3,(H2,21,26). The number of aromatic nitrogens is 2. The van der Waals surface area contributed by atoms with Gasteiger partial charge >= 0.3 is 12.1 Å². The van der Waals surface area contributed by atoms with E-state index in [0.717, 1.165) is 22.2 Å². The Labute approximate surface area is 188 Å². The van der Waals surface area contributed by atoms with Crippen LogP contribution in [0.15, 0.2) is 35.6 Å². The van der Waals surface area contributed by atoms with Gasteiger partial charge in [-0.1, -0.05) is 12.1 Å². The summed E-state index contributed by atoms with van der Waals surface area (Å²) < 4.78 is 16.0. The number of likely N-dealkylation sites (tertiary alicyclic amines) is 1. The molecule has 0 aliphatic carbocycles. The SMILES string of the molecule is COc1cccc(C2(O)CCN(C(=O)OC3Sc4ncnc(OC)c4N3C(N)=O)CC2)c1. The van der Waals surface area contributed by atoms with Gasteiger partial charge in [0.25, 0.3) is 0 Å². The van der Waals surface area contributed by atoms with Crippen molar-refractivity contribution in [3.63, 3.8) is 0 Å². The number of nitrogens with two attached hydrogens (primary N) is 1. The lowest BCUT2D eigenvalue weighted by atomic mass is 9.84. The number of anilines is 1. The maximum atomic E-state index is 12.8. The van der Waals surface area contributed by atoms with Gasteiger partial charge in [0.15, 0.2) is 0 Å². The lowest BCUT2D eigenvalue weighted by molar-refractivity contribution is -0.0256. The molecule has 1 atom stereocenters. The minimum absolute atomic E-state index is 0.154. The first kappa shape index (κ1) is 22.0. The molecule has 1 saturated heterocycles. The van der Waals surface area contributed by atoms with Crippen molar-refractivity contribution < 1.29 is 28.9 Å². The molecule has 3 N–H and O–H groups in total. The number of primary amides is 1. The minimum Gasteiger partial charge on any atom is -0.497 e. The van der Waals surface area contributed by atoms with Gasteiger partial charge in [0, 0.05) is 13.1 Å². The van der Waals surface area contributed by atoms with Gasteiger partial charge < -0.3 is 30.0 Å². The molecule has 3 amide bonds. The predicted molar refractivity (Wildman–Crippen MR) is 114 cm³/mol. The molecule has 0 spiro atoms. The summed E-state index contributed by atoms with van der Waals surface area (Å²) in [5, 5.41) is 11.5. The van der Waals surface area contributed by atoms with Crippen LogP contribution in [0.25, 0.3) is 0 Å². The Bertz CT molecular complexity index is 1030. The lowest BCUT2D eigenvalue weighted by Crippen LogP contribution is -2.48. The van der Waals surface area contributed by atoms with E-state index in [1.54, 1.807) is 19.2 Å². The monoisotopic (exact) mass is 461 g/mol. The van der Waals surface area contributed by atoms with E-state index >= 15 is 0 Å². The zero-order valence-corrected chi connectivity index (χ0v) is 18.4. The van der Waals surface area contributed by atoms with Gasteiger partial charge in [-0.15, -0.1) is 0 Å². The molecule has 0 bridgehead atoms. The quantitative estimate of drug-likeness (QED) is 0.653. The Hall–Kier alpha value is -3.25. The summed E-state index contributed by atoms with van der Waals surface area (Å²) in [5.41, 5.74) is 4.39. The highest BCUT2D eigenvalue weighted by Gasteiger charge is 2.42. The Morgan fingerprint density at radius 2 is 1.97 bits per heavy atom. The number of thioether (sulfide) groups is 1. The molecule has 32 heavy (non-hydrogen) atoms. The van der Waals surface area contributed by atoms with Crippen LogP contribution in [-0.2, 0) is 10.3 Å². The number of urea groups is 1. The number of carbonyl (C=O) groups is 2. The summed E-state index contributed by atoms with van der Waals surface area (Å²) in [7, 11) is 2.97. The largest absolute Gasteiger partial charge is 0.497 e. The number of piperidine rings is 1. The maximum absolute atomic E-state index is 12.8. The Balaban J connectivity index is 1.43. The van der Waals surface area contributed by atoms with Crippen molar-refractivity contribution in [2.75, 3.05) is 32.2 Å². The topological polar surface area (TPSA) is 140 Å². The zero-order valence-electron chi connectivity index (χ0n) is 17.6. The summed E-state index contributed by atoms with van der Waals surface area (Å²) >= 11 is 1.06. The number of hydrogen-bond acceptors (Lipinski definition) is 9. The van der Waals surface area contributed by atoms with Crippen molar-refractivity contribution >= 4 is 29.6 Å². The molecule has 2 aliphatic heterocycles. The third-order valence-electron chi connectivity index (χ3n) is 5.51. The molecule has 2 aromatic rings. The molecule has 1 aromatic carbocycles. The van der Waals surface area contributed by atoms with Gasteiger partial charge in [0.05, 0.1) is 19.8 Å². The molecule has 1 aromatic heterocycles. The molecule has 1 unspecified atom stereocenters. The first-order valence-corrected chi connectivity index (χ1v) is 10.7. The predicted octanol–water partition coefficient (Wildman–Crippen LogP) is 1.89. The van der Waals surface area contributed by atoms with Crippen molar-refractivity contribution in [3.8, 4) is 11.6 Å². The fraction of sp³-hybridized carbons (Fsp3) is 0.400. The Morgan fingerprint density at radius 1 is 1.22 bits per heavy atom. The van der Waals surface area contributed by atoms with E-state index in [-0.39, 0.29) is 24.7 Å². The number of methoxy groups -OCH3 is 2. The third-order valence-corrected chi connectivity index (χ3v) is 6.54. The van der Waals surface area contributed by atoms with Crippen LogP contribution in [0.5, 0.6) is 11.6 Å². The molecule has 170 valence electrons. The van der Waals surface area contributed by atoms with Gasteiger partial charge in [0.1, 0.15) is 22.8 Å².